The second kappa shape index (κ2) is 10.7. The molecule has 1 heterocycles. The predicted molar refractivity (Wildman–Crippen MR) is 120 cm³/mol. The first kappa shape index (κ1) is 23.1. The van der Waals surface area contributed by atoms with Gasteiger partial charge in [0.1, 0.15) is 0 Å². The summed E-state index contributed by atoms with van der Waals surface area (Å²) in [5, 5.41) is 8.18. The SMILES string of the molecule is CCOc1cc(C(=O)N(C)Cc2nnc(-c3ccc(C)cc3)o2)cc(OCC)c1OCC. The molecule has 0 unspecified atom stereocenters. The van der Waals surface area contributed by atoms with E-state index in [0.717, 1.165) is 11.1 Å². The molecule has 1 amide bonds. The Morgan fingerprint density at radius 3 is 2.09 bits per heavy atom. The second-order valence-electron chi connectivity index (χ2n) is 7.13. The number of carbonyl (C=O) groups is 1. The van der Waals surface area contributed by atoms with Crippen LogP contribution in [-0.4, -0.2) is 47.9 Å². The van der Waals surface area contributed by atoms with Crippen LogP contribution in [0.25, 0.3) is 11.5 Å². The Morgan fingerprint density at radius 2 is 1.53 bits per heavy atom. The molecule has 8 heteroatoms. The van der Waals surface area contributed by atoms with E-state index in [1.54, 1.807) is 19.2 Å². The quantitative estimate of drug-likeness (QED) is 0.459. The molecule has 0 aliphatic carbocycles. The van der Waals surface area contributed by atoms with E-state index in [-0.39, 0.29) is 12.5 Å². The molecule has 32 heavy (non-hydrogen) atoms. The maximum Gasteiger partial charge on any atom is 0.254 e. The number of rotatable bonds is 10. The fraction of sp³-hybridized carbons (Fsp3) is 0.375. The van der Waals surface area contributed by atoms with E-state index in [2.05, 4.69) is 10.2 Å². The van der Waals surface area contributed by atoms with Gasteiger partial charge in [0.25, 0.3) is 5.91 Å². The lowest BCUT2D eigenvalue weighted by Crippen LogP contribution is -2.26. The van der Waals surface area contributed by atoms with Gasteiger partial charge >= 0.3 is 0 Å². The zero-order valence-electron chi connectivity index (χ0n) is 19.2. The number of ether oxygens (including phenoxy) is 3. The van der Waals surface area contributed by atoms with Crippen LogP contribution in [0.1, 0.15) is 42.6 Å². The highest BCUT2D eigenvalue weighted by atomic mass is 16.5. The van der Waals surface area contributed by atoms with Crippen molar-refractivity contribution in [3.63, 3.8) is 0 Å². The molecule has 1 aromatic heterocycles. The Bertz CT molecular complexity index is 1020. The van der Waals surface area contributed by atoms with Gasteiger partial charge < -0.3 is 23.5 Å². The Kier molecular flexibility index (Phi) is 7.70. The zero-order valence-corrected chi connectivity index (χ0v) is 19.2. The van der Waals surface area contributed by atoms with Crippen molar-refractivity contribution in [3.8, 4) is 28.7 Å². The molecule has 0 fully saturated rings. The van der Waals surface area contributed by atoms with E-state index in [9.17, 15) is 4.79 Å². The van der Waals surface area contributed by atoms with Crippen LogP contribution in [0.2, 0.25) is 0 Å². The number of hydrogen-bond donors (Lipinski definition) is 0. The van der Waals surface area contributed by atoms with Crippen LogP contribution in [0, 0.1) is 6.92 Å². The molecular formula is C24H29N3O5. The summed E-state index contributed by atoms with van der Waals surface area (Å²) in [6, 6.07) is 11.1. The summed E-state index contributed by atoms with van der Waals surface area (Å²) in [4.78, 5) is 14.6. The van der Waals surface area contributed by atoms with E-state index in [1.807, 2.05) is 52.0 Å². The summed E-state index contributed by atoms with van der Waals surface area (Å²) in [5.74, 6) is 1.96. The molecule has 0 N–H and O–H groups in total. The van der Waals surface area contributed by atoms with Crippen molar-refractivity contribution in [1.29, 1.82) is 0 Å². The fourth-order valence-corrected chi connectivity index (χ4v) is 3.14. The largest absolute Gasteiger partial charge is 0.490 e. The van der Waals surface area contributed by atoms with Crippen LogP contribution in [0.3, 0.4) is 0 Å². The average molecular weight is 440 g/mol. The van der Waals surface area contributed by atoms with Crippen LogP contribution in [-0.2, 0) is 6.54 Å². The fourth-order valence-electron chi connectivity index (χ4n) is 3.14. The van der Waals surface area contributed by atoms with E-state index < -0.39 is 0 Å². The number of aromatic nitrogens is 2. The molecule has 3 aromatic rings. The molecule has 0 atom stereocenters. The Morgan fingerprint density at radius 1 is 0.938 bits per heavy atom. The Balaban J connectivity index is 1.81. The van der Waals surface area contributed by atoms with Crippen LogP contribution >= 0.6 is 0 Å². The van der Waals surface area contributed by atoms with Gasteiger partial charge in [0, 0.05) is 18.2 Å². The highest BCUT2D eigenvalue weighted by molar-refractivity contribution is 5.95. The minimum atomic E-state index is -0.231. The topological polar surface area (TPSA) is 86.9 Å². The molecule has 0 radical (unpaired) electrons. The standard InChI is InChI=1S/C24H29N3O5/c1-6-29-19-13-18(14-20(30-7-2)22(19)31-8-3)24(28)27(5)15-21-25-26-23(32-21)17-11-9-16(4)10-12-17/h9-14H,6-8,15H2,1-5H3. The minimum absolute atomic E-state index is 0.166. The molecular weight excluding hydrogens is 410 g/mol. The van der Waals surface area contributed by atoms with Gasteiger partial charge in [0.15, 0.2) is 11.5 Å². The monoisotopic (exact) mass is 439 g/mol. The zero-order chi connectivity index (χ0) is 23.1. The van der Waals surface area contributed by atoms with Crippen molar-refractivity contribution < 1.29 is 23.4 Å². The summed E-state index contributed by atoms with van der Waals surface area (Å²) in [5.41, 5.74) is 2.39. The first-order valence-electron chi connectivity index (χ1n) is 10.7. The summed E-state index contributed by atoms with van der Waals surface area (Å²) >= 11 is 0. The van der Waals surface area contributed by atoms with E-state index in [1.165, 1.54) is 4.90 Å². The molecule has 3 rings (SSSR count). The van der Waals surface area contributed by atoms with Crippen molar-refractivity contribution in [2.45, 2.75) is 34.2 Å². The second-order valence-corrected chi connectivity index (χ2v) is 7.13. The average Bonchev–Trinajstić information content (AvgIpc) is 3.24. The molecule has 0 saturated carbocycles. The van der Waals surface area contributed by atoms with Gasteiger partial charge in [0.05, 0.1) is 26.4 Å². The summed E-state index contributed by atoms with van der Waals surface area (Å²) in [6.07, 6.45) is 0. The smallest absolute Gasteiger partial charge is 0.254 e. The molecule has 0 aliphatic heterocycles. The lowest BCUT2D eigenvalue weighted by molar-refractivity contribution is 0.0772. The van der Waals surface area contributed by atoms with Gasteiger partial charge in [-0.15, -0.1) is 10.2 Å². The van der Waals surface area contributed by atoms with Gasteiger partial charge in [-0.25, -0.2) is 0 Å². The maximum absolute atomic E-state index is 13.1. The highest BCUT2D eigenvalue weighted by Gasteiger charge is 2.22. The van der Waals surface area contributed by atoms with Crippen molar-refractivity contribution >= 4 is 5.91 Å². The molecule has 0 saturated heterocycles. The molecule has 170 valence electrons. The first-order valence-corrected chi connectivity index (χ1v) is 10.7. The van der Waals surface area contributed by atoms with Crippen LogP contribution in [0.15, 0.2) is 40.8 Å². The summed E-state index contributed by atoms with van der Waals surface area (Å²) < 4.78 is 22.9. The number of hydrogen-bond acceptors (Lipinski definition) is 7. The van der Waals surface area contributed by atoms with Gasteiger partial charge in [-0.2, -0.15) is 0 Å². The van der Waals surface area contributed by atoms with Crippen LogP contribution < -0.4 is 14.2 Å². The van der Waals surface area contributed by atoms with Crippen LogP contribution in [0.5, 0.6) is 17.2 Å². The lowest BCUT2D eigenvalue weighted by Gasteiger charge is -2.19. The maximum atomic E-state index is 13.1. The van der Waals surface area contributed by atoms with Gasteiger partial charge in [-0.1, -0.05) is 17.7 Å². The van der Waals surface area contributed by atoms with Crippen molar-refractivity contribution in [2.24, 2.45) is 0 Å². The number of carbonyl (C=O) groups excluding carboxylic acids is 1. The van der Waals surface area contributed by atoms with Crippen molar-refractivity contribution in [2.75, 3.05) is 26.9 Å². The van der Waals surface area contributed by atoms with E-state index in [4.69, 9.17) is 18.6 Å². The normalized spacial score (nSPS) is 10.7. The number of amides is 1. The third kappa shape index (κ3) is 5.38. The molecule has 0 bridgehead atoms. The Labute approximate surface area is 188 Å². The number of benzene rings is 2. The lowest BCUT2D eigenvalue weighted by atomic mass is 10.1. The first-order chi connectivity index (χ1) is 15.5. The third-order valence-electron chi connectivity index (χ3n) is 4.64. The van der Waals surface area contributed by atoms with Gasteiger partial charge in [-0.3, -0.25) is 4.79 Å². The minimum Gasteiger partial charge on any atom is -0.490 e. The molecule has 2 aromatic carbocycles. The number of aryl methyl sites for hydroxylation is 1. The summed E-state index contributed by atoms with van der Waals surface area (Å²) in [6.45, 7) is 9.13. The van der Waals surface area contributed by atoms with E-state index >= 15 is 0 Å². The molecule has 0 aliphatic rings. The Hall–Kier alpha value is -3.55. The van der Waals surface area contributed by atoms with Crippen molar-refractivity contribution in [1.82, 2.24) is 15.1 Å². The highest BCUT2D eigenvalue weighted by Crippen LogP contribution is 2.39. The molecule has 0 spiro atoms. The summed E-state index contributed by atoms with van der Waals surface area (Å²) in [7, 11) is 1.68. The third-order valence-corrected chi connectivity index (χ3v) is 4.64. The van der Waals surface area contributed by atoms with Crippen LogP contribution in [0.4, 0.5) is 0 Å². The van der Waals surface area contributed by atoms with Crippen molar-refractivity contribution in [3.05, 3.63) is 53.4 Å². The van der Waals surface area contributed by atoms with Gasteiger partial charge in [-0.05, 0) is 52.0 Å². The van der Waals surface area contributed by atoms with E-state index in [0.29, 0.717) is 54.4 Å². The molecule has 8 nitrogen and oxygen atoms in total. The predicted octanol–water partition coefficient (Wildman–Crippen LogP) is 4.51. The van der Waals surface area contributed by atoms with Gasteiger partial charge in [0.2, 0.25) is 17.5 Å². The number of nitrogens with zero attached hydrogens (tertiary/aromatic N) is 3.